The third-order valence-electron chi connectivity index (χ3n) is 1.57. The number of aliphatic hydroxyl groups is 1. The zero-order valence-corrected chi connectivity index (χ0v) is 5.92. The summed E-state index contributed by atoms with van der Waals surface area (Å²) in [7, 11) is 0. The van der Waals surface area contributed by atoms with Gasteiger partial charge in [0.1, 0.15) is 0 Å². The molecule has 0 aliphatic carbocycles. The zero-order chi connectivity index (χ0) is 7.40. The Labute approximate surface area is 60.7 Å². The van der Waals surface area contributed by atoms with Crippen LogP contribution in [-0.4, -0.2) is 37.0 Å². The standard InChI is InChI=1S/C7H13NO2/c1-2-3-8-6-4-10-5-7(6)9/h2,6-9H,1,3-5H2. The van der Waals surface area contributed by atoms with Crippen LogP contribution in [0.1, 0.15) is 0 Å². The summed E-state index contributed by atoms with van der Waals surface area (Å²) >= 11 is 0. The fourth-order valence-electron chi connectivity index (χ4n) is 0.973. The van der Waals surface area contributed by atoms with Gasteiger partial charge in [0.2, 0.25) is 0 Å². The Morgan fingerprint density at radius 2 is 2.50 bits per heavy atom. The monoisotopic (exact) mass is 143 g/mol. The highest BCUT2D eigenvalue weighted by Crippen LogP contribution is 2.03. The van der Waals surface area contributed by atoms with Crippen LogP contribution < -0.4 is 5.32 Å². The highest BCUT2D eigenvalue weighted by Gasteiger charge is 2.24. The van der Waals surface area contributed by atoms with Crippen molar-refractivity contribution < 1.29 is 9.84 Å². The van der Waals surface area contributed by atoms with Crippen LogP contribution in [0.3, 0.4) is 0 Å². The van der Waals surface area contributed by atoms with Gasteiger partial charge in [-0.05, 0) is 0 Å². The first kappa shape index (κ1) is 7.72. The third kappa shape index (κ3) is 1.80. The van der Waals surface area contributed by atoms with Crippen LogP contribution in [-0.2, 0) is 4.74 Å². The summed E-state index contributed by atoms with van der Waals surface area (Å²) < 4.78 is 5.02. The lowest BCUT2D eigenvalue weighted by molar-refractivity contribution is 0.122. The molecule has 0 aromatic heterocycles. The molecule has 1 aliphatic rings. The van der Waals surface area contributed by atoms with Crippen molar-refractivity contribution in [2.24, 2.45) is 0 Å². The molecule has 0 aromatic carbocycles. The summed E-state index contributed by atoms with van der Waals surface area (Å²) in [6.07, 6.45) is 1.42. The quantitative estimate of drug-likeness (QED) is 0.524. The van der Waals surface area contributed by atoms with E-state index in [4.69, 9.17) is 4.74 Å². The third-order valence-corrected chi connectivity index (χ3v) is 1.57. The van der Waals surface area contributed by atoms with Gasteiger partial charge >= 0.3 is 0 Å². The van der Waals surface area contributed by atoms with Crippen molar-refractivity contribution in [3.8, 4) is 0 Å². The fraction of sp³-hybridized carbons (Fsp3) is 0.714. The first-order valence-corrected chi connectivity index (χ1v) is 3.44. The van der Waals surface area contributed by atoms with E-state index in [-0.39, 0.29) is 12.1 Å². The fourth-order valence-corrected chi connectivity index (χ4v) is 0.973. The molecule has 1 aliphatic heterocycles. The molecule has 0 aromatic rings. The number of hydrogen-bond donors (Lipinski definition) is 2. The smallest absolute Gasteiger partial charge is 0.0948 e. The van der Waals surface area contributed by atoms with E-state index in [1.54, 1.807) is 6.08 Å². The molecule has 3 heteroatoms. The molecule has 2 N–H and O–H groups in total. The van der Waals surface area contributed by atoms with Crippen molar-refractivity contribution in [1.82, 2.24) is 5.32 Å². The van der Waals surface area contributed by atoms with Gasteiger partial charge < -0.3 is 15.2 Å². The average Bonchev–Trinajstić information content (AvgIpc) is 2.31. The minimum atomic E-state index is -0.347. The van der Waals surface area contributed by atoms with Gasteiger partial charge in [-0.3, -0.25) is 0 Å². The van der Waals surface area contributed by atoms with Gasteiger partial charge in [0.15, 0.2) is 0 Å². The Morgan fingerprint density at radius 3 is 3.00 bits per heavy atom. The topological polar surface area (TPSA) is 41.5 Å². The van der Waals surface area contributed by atoms with E-state index in [1.807, 2.05) is 0 Å². The predicted molar refractivity (Wildman–Crippen MR) is 38.8 cm³/mol. The summed E-state index contributed by atoms with van der Waals surface area (Å²) in [5, 5.41) is 12.3. The van der Waals surface area contributed by atoms with Gasteiger partial charge in [0.25, 0.3) is 0 Å². The molecule has 1 heterocycles. The molecule has 0 spiro atoms. The molecule has 1 rings (SSSR count). The molecule has 0 amide bonds. The number of ether oxygens (including phenoxy) is 1. The van der Waals surface area contributed by atoms with Gasteiger partial charge in [-0.2, -0.15) is 0 Å². The van der Waals surface area contributed by atoms with Crippen LogP contribution >= 0.6 is 0 Å². The second-order valence-corrected chi connectivity index (χ2v) is 2.41. The van der Waals surface area contributed by atoms with Crippen LogP contribution in [0.25, 0.3) is 0 Å². The molecule has 10 heavy (non-hydrogen) atoms. The summed E-state index contributed by atoms with van der Waals surface area (Å²) in [5.41, 5.74) is 0. The van der Waals surface area contributed by atoms with Crippen LogP contribution in [0, 0.1) is 0 Å². The van der Waals surface area contributed by atoms with Gasteiger partial charge in [0, 0.05) is 6.54 Å². The summed E-state index contributed by atoms with van der Waals surface area (Å²) in [6, 6.07) is 0.0954. The molecular formula is C7H13NO2. The Hall–Kier alpha value is -0.380. The van der Waals surface area contributed by atoms with E-state index in [2.05, 4.69) is 11.9 Å². The average molecular weight is 143 g/mol. The van der Waals surface area contributed by atoms with Crippen molar-refractivity contribution in [2.75, 3.05) is 19.8 Å². The molecule has 0 radical (unpaired) electrons. The molecule has 0 bridgehead atoms. The van der Waals surface area contributed by atoms with Crippen molar-refractivity contribution in [3.05, 3.63) is 12.7 Å². The molecule has 58 valence electrons. The molecule has 2 atom stereocenters. The van der Waals surface area contributed by atoms with Crippen LogP contribution in [0.2, 0.25) is 0 Å². The predicted octanol–water partition coefficient (Wildman–Crippen LogP) is -0.478. The lowest BCUT2D eigenvalue weighted by Crippen LogP contribution is -2.38. The first-order valence-electron chi connectivity index (χ1n) is 3.44. The largest absolute Gasteiger partial charge is 0.389 e. The molecule has 1 fully saturated rings. The molecular weight excluding hydrogens is 130 g/mol. The summed E-state index contributed by atoms with van der Waals surface area (Å²) in [6.45, 7) is 5.35. The zero-order valence-electron chi connectivity index (χ0n) is 5.92. The van der Waals surface area contributed by atoms with E-state index >= 15 is 0 Å². The second kappa shape index (κ2) is 3.71. The maximum Gasteiger partial charge on any atom is 0.0948 e. The van der Waals surface area contributed by atoms with Crippen molar-refractivity contribution in [2.45, 2.75) is 12.1 Å². The van der Waals surface area contributed by atoms with Crippen LogP contribution in [0.15, 0.2) is 12.7 Å². The van der Waals surface area contributed by atoms with Crippen molar-refractivity contribution >= 4 is 0 Å². The molecule has 3 nitrogen and oxygen atoms in total. The van der Waals surface area contributed by atoms with E-state index in [9.17, 15) is 5.11 Å². The van der Waals surface area contributed by atoms with E-state index in [0.29, 0.717) is 13.2 Å². The van der Waals surface area contributed by atoms with E-state index < -0.39 is 0 Å². The first-order chi connectivity index (χ1) is 4.84. The molecule has 2 unspecified atom stereocenters. The number of hydrogen-bond acceptors (Lipinski definition) is 3. The highest BCUT2D eigenvalue weighted by atomic mass is 16.5. The SMILES string of the molecule is C=CCNC1COCC1O. The molecule has 1 saturated heterocycles. The van der Waals surface area contributed by atoms with Gasteiger partial charge in [-0.25, -0.2) is 0 Å². The number of aliphatic hydroxyl groups excluding tert-OH is 1. The van der Waals surface area contributed by atoms with Crippen molar-refractivity contribution in [3.63, 3.8) is 0 Å². The van der Waals surface area contributed by atoms with Gasteiger partial charge in [-0.15, -0.1) is 6.58 Å². The van der Waals surface area contributed by atoms with E-state index in [1.165, 1.54) is 0 Å². The Kier molecular flexibility index (Phi) is 2.86. The number of nitrogens with one attached hydrogen (secondary N) is 1. The van der Waals surface area contributed by atoms with Gasteiger partial charge in [0.05, 0.1) is 25.4 Å². The second-order valence-electron chi connectivity index (χ2n) is 2.41. The van der Waals surface area contributed by atoms with Crippen LogP contribution in [0.4, 0.5) is 0 Å². The Balaban J connectivity index is 2.19. The maximum atomic E-state index is 9.19. The highest BCUT2D eigenvalue weighted by molar-refractivity contribution is 4.83. The molecule has 0 saturated carbocycles. The Bertz CT molecular complexity index is 116. The summed E-state index contributed by atoms with van der Waals surface area (Å²) in [4.78, 5) is 0. The van der Waals surface area contributed by atoms with Crippen LogP contribution in [0.5, 0.6) is 0 Å². The normalized spacial score (nSPS) is 32.5. The van der Waals surface area contributed by atoms with E-state index in [0.717, 1.165) is 6.54 Å². The minimum Gasteiger partial charge on any atom is -0.389 e. The Morgan fingerprint density at radius 1 is 1.70 bits per heavy atom. The van der Waals surface area contributed by atoms with Gasteiger partial charge in [-0.1, -0.05) is 6.08 Å². The summed E-state index contributed by atoms with van der Waals surface area (Å²) in [5.74, 6) is 0. The number of rotatable bonds is 3. The van der Waals surface area contributed by atoms with Crippen molar-refractivity contribution in [1.29, 1.82) is 0 Å². The lowest BCUT2D eigenvalue weighted by Gasteiger charge is -2.11. The minimum absolute atomic E-state index is 0.0954. The lowest BCUT2D eigenvalue weighted by atomic mass is 10.2. The maximum absolute atomic E-state index is 9.19.